The molecule has 19 heteroatoms. The summed E-state index contributed by atoms with van der Waals surface area (Å²) in [6.45, 7) is -0.821. The molecule has 0 amide bonds. The third-order valence-electron chi connectivity index (χ3n) is 4.71. The van der Waals surface area contributed by atoms with Crippen molar-refractivity contribution in [3.8, 4) is 0 Å². The normalized spacial score (nSPS) is 13.4. The maximum absolute atomic E-state index is 12.3. The summed E-state index contributed by atoms with van der Waals surface area (Å²) in [6.07, 6.45) is 0. The molecule has 0 unspecified atom stereocenters. The van der Waals surface area contributed by atoms with Crippen molar-refractivity contribution in [3.05, 3.63) is 48.5 Å². The van der Waals surface area contributed by atoms with Crippen molar-refractivity contribution in [2.75, 3.05) is 18.1 Å². The first-order valence-corrected chi connectivity index (χ1v) is 15.5. The Morgan fingerprint density at radius 1 is 0.757 bits per heavy atom. The Balaban J connectivity index is 2.01. The lowest BCUT2D eigenvalue weighted by Crippen LogP contribution is -2.15. The summed E-state index contributed by atoms with van der Waals surface area (Å²) in [6, 6.07) is 8.67. The third kappa shape index (κ3) is 7.05. The molecule has 0 saturated heterocycles. The molecule has 0 aliphatic rings. The van der Waals surface area contributed by atoms with Gasteiger partial charge < -0.3 is 5.73 Å². The number of fused-ring (bicyclic) bond motifs is 1. The van der Waals surface area contributed by atoms with Gasteiger partial charge in [0.15, 0.2) is 9.84 Å². The average Bonchev–Trinajstić information content (AvgIpc) is 2.75. The van der Waals surface area contributed by atoms with Crippen molar-refractivity contribution in [2.45, 2.75) is 14.7 Å². The molecule has 0 radical (unpaired) electrons. The van der Waals surface area contributed by atoms with Crippen LogP contribution in [0.3, 0.4) is 0 Å². The largest absolute Gasteiger partial charge is 0.397 e. The molecule has 0 bridgehead atoms. The van der Waals surface area contributed by atoms with E-state index in [-0.39, 0.29) is 27.0 Å². The van der Waals surface area contributed by atoms with Crippen LogP contribution < -0.4 is 5.73 Å². The van der Waals surface area contributed by atoms with Crippen LogP contribution in [-0.4, -0.2) is 59.7 Å². The van der Waals surface area contributed by atoms with E-state index in [0.29, 0.717) is 0 Å². The molecule has 3 rings (SSSR count). The highest BCUT2D eigenvalue weighted by molar-refractivity contribution is 7.91. The summed E-state index contributed by atoms with van der Waals surface area (Å²) in [5, 5.41) is 7.80. The van der Waals surface area contributed by atoms with Crippen molar-refractivity contribution in [3.63, 3.8) is 0 Å². The Hall–Kier alpha value is -3.04. The van der Waals surface area contributed by atoms with Gasteiger partial charge in [-0.25, -0.2) is 12.6 Å². The van der Waals surface area contributed by atoms with E-state index in [1.54, 1.807) is 0 Å². The topological polar surface area (TPSA) is 257 Å². The lowest BCUT2D eigenvalue weighted by atomic mass is 10.1. The Morgan fingerprint density at radius 2 is 1.35 bits per heavy atom. The van der Waals surface area contributed by atoms with Gasteiger partial charge in [0.2, 0.25) is 0 Å². The van der Waals surface area contributed by atoms with Gasteiger partial charge in [-0.15, -0.1) is 5.11 Å². The zero-order chi connectivity index (χ0) is 27.8. The first-order valence-electron chi connectivity index (χ1n) is 9.56. The fraction of sp³-hybridized carbons (Fsp3) is 0.111. The zero-order valence-corrected chi connectivity index (χ0v) is 21.4. The summed E-state index contributed by atoms with van der Waals surface area (Å²) in [5.74, 6) is -0.760. The van der Waals surface area contributed by atoms with Crippen molar-refractivity contribution >= 4 is 68.3 Å². The molecule has 0 heterocycles. The Morgan fingerprint density at radius 3 is 1.89 bits per heavy atom. The van der Waals surface area contributed by atoms with E-state index in [9.17, 15) is 42.8 Å². The Bertz CT molecular complexity index is 1830. The predicted octanol–water partition coefficient (Wildman–Crippen LogP) is 1.92. The molecule has 0 fully saturated rings. The minimum absolute atomic E-state index is 0.0625. The minimum atomic E-state index is -4.89. The summed E-state index contributed by atoms with van der Waals surface area (Å²) < 4.78 is 123. The fourth-order valence-electron chi connectivity index (χ4n) is 3.03. The molecule has 0 aliphatic heterocycles. The van der Waals surface area contributed by atoms with Crippen molar-refractivity contribution in [2.24, 2.45) is 10.2 Å². The van der Waals surface area contributed by atoms with Crippen molar-refractivity contribution < 1.29 is 51.5 Å². The smallest absolute Gasteiger partial charge is 0.396 e. The number of hydrogen-bond acceptors (Lipinski definition) is 12. The SMILES string of the molecule is Nc1c(S(=O)(=O)O)cc2cc(S(=O)(=O)O)ccc2c1N=Nc1ccc(S(=O)(=O)CCOS(=O)(=O)O)cc1. The van der Waals surface area contributed by atoms with E-state index < -0.39 is 68.3 Å². The van der Waals surface area contributed by atoms with E-state index >= 15 is 0 Å². The number of nitrogen functional groups attached to an aromatic ring is 1. The lowest BCUT2D eigenvalue weighted by Gasteiger charge is -2.10. The average molecular weight is 596 g/mol. The second-order valence-corrected chi connectivity index (χ2v) is 13.2. The minimum Gasteiger partial charge on any atom is -0.396 e. The number of nitrogens with two attached hydrogens (primary N) is 1. The number of rotatable bonds is 9. The molecule has 15 nitrogen and oxygen atoms in total. The molecular formula is C18H17N3O12S4. The molecule has 5 N–H and O–H groups in total. The van der Waals surface area contributed by atoms with Gasteiger partial charge in [-0.05, 0) is 47.9 Å². The van der Waals surface area contributed by atoms with Crippen LogP contribution in [0.15, 0.2) is 73.4 Å². The molecule has 0 spiro atoms. The first kappa shape index (κ1) is 28.5. The molecule has 3 aromatic carbocycles. The van der Waals surface area contributed by atoms with E-state index in [4.69, 9.17) is 10.3 Å². The second kappa shape index (κ2) is 10.0. The Kier molecular flexibility index (Phi) is 7.73. The van der Waals surface area contributed by atoms with Gasteiger partial charge in [-0.2, -0.15) is 30.4 Å². The maximum Gasteiger partial charge on any atom is 0.397 e. The first-order chi connectivity index (χ1) is 16.9. The van der Waals surface area contributed by atoms with Gasteiger partial charge in [0, 0.05) is 5.39 Å². The van der Waals surface area contributed by atoms with Crippen molar-refractivity contribution in [1.82, 2.24) is 0 Å². The van der Waals surface area contributed by atoms with Crippen LogP contribution in [0.4, 0.5) is 17.1 Å². The highest BCUT2D eigenvalue weighted by atomic mass is 32.3. The van der Waals surface area contributed by atoms with Gasteiger partial charge in [0.1, 0.15) is 10.6 Å². The van der Waals surface area contributed by atoms with Crippen LogP contribution in [0.5, 0.6) is 0 Å². The Labute approximate surface area is 211 Å². The standard InChI is InChI=1S/C18H17N3O12S4/c19-17-16(36(27,28)29)10-11-9-14(35(24,25)26)5-6-15(11)18(17)21-20-12-1-3-13(4-2-12)34(22,23)8-7-33-37(30,31)32/h1-6,9-10H,7-8,19H2,(H,24,25,26)(H,27,28,29)(H,30,31,32). The number of azo groups is 1. The highest BCUT2D eigenvalue weighted by Crippen LogP contribution is 2.39. The van der Waals surface area contributed by atoms with E-state index in [1.807, 2.05) is 0 Å². The van der Waals surface area contributed by atoms with Gasteiger partial charge in [0.25, 0.3) is 20.2 Å². The summed E-state index contributed by atoms with van der Waals surface area (Å²) in [7, 11) is -18.3. The number of benzene rings is 3. The monoisotopic (exact) mass is 595 g/mol. The predicted molar refractivity (Wildman–Crippen MR) is 128 cm³/mol. The van der Waals surface area contributed by atoms with Crippen LogP contribution in [0.2, 0.25) is 0 Å². The van der Waals surface area contributed by atoms with Gasteiger partial charge >= 0.3 is 10.4 Å². The molecule has 0 saturated carbocycles. The number of hydrogen-bond donors (Lipinski definition) is 4. The molecular weight excluding hydrogens is 578 g/mol. The molecule has 3 aromatic rings. The fourth-order valence-corrected chi connectivity index (χ4v) is 5.69. The zero-order valence-electron chi connectivity index (χ0n) is 18.2. The van der Waals surface area contributed by atoms with Gasteiger partial charge in [0.05, 0.1) is 33.5 Å². The molecule has 0 aromatic heterocycles. The molecule has 0 atom stereocenters. The van der Waals surface area contributed by atoms with E-state index in [2.05, 4.69) is 14.4 Å². The summed E-state index contributed by atoms with van der Waals surface area (Å²) >= 11 is 0. The van der Waals surface area contributed by atoms with Crippen LogP contribution in [0, 0.1) is 0 Å². The molecule has 37 heavy (non-hydrogen) atoms. The van der Waals surface area contributed by atoms with Crippen LogP contribution in [0.25, 0.3) is 10.8 Å². The van der Waals surface area contributed by atoms with E-state index in [0.717, 1.165) is 30.3 Å². The molecule has 200 valence electrons. The van der Waals surface area contributed by atoms with Gasteiger partial charge in [-0.3, -0.25) is 13.7 Å². The third-order valence-corrected chi connectivity index (χ3v) is 8.61. The number of sulfone groups is 1. The molecule has 0 aliphatic carbocycles. The quantitative estimate of drug-likeness (QED) is 0.157. The summed E-state index contributed by atoms with van der Waals surface area (Å²) in [5.41, 5.74) is 5.14. The number of anilines is 1. The lowest BCUT2D eigenvalue weighted by molar-refractivity contribution is 0.284. The van der Waals surface area contributed by atoms with Crippen LogP contribution >= 0.6 is 0 Å². The van der Waals surface area contributed by atoms with Crippen molar-refractivity contribution in [1.29, 1.82) is 0 Å². The van der Waals surface area contributed by atoms with Gasteiger partial charge in [-0.1, -0.05) is 6.07 Å². The maximum atomic E-state index is 12.3. The van der Waals surface area contributed by atoms with Crippen LogP contribution in [-0.2, 0) is 44.7 Å². The summed E-state index contributed by atoms with van der Waals surface area (Å²) in [4.78, 5) is -1.59. The van der Waals surface area contributed by atoms with Crippen LogP contribution in [0.1, 0.15) is 0 Å². The van der Waals surface area contributed by atoms with E-state index in [1.165, 1.54) is 18.2 Å². The number of nitrogens with zero attached hydrogens (tertiary/aromatic N) is 2. The second-order valence-electron chi connectivity index (χ2n) is 7.23. The highest BCUT2D eigenvalue weighted by Gasteiger charge is 2.22.